The molecule has 0 aromatic carbocycles. The minimum atomic E-state index is -0.151. The highest BCUT2D eigenvalue weighted by Crippen LogP contribution is 2.32. The number of likely N-dealkylation sites (tertiary alicyclic amines) is 1. The van der Waals surface area contributed by atoms with E-state index in [1.807, 2.05) is 42.3 Å². The first-order chi connectivity index (χ1) is 17.4. The standard InChI is InChI=1S/C27H35N5O3S/c1-5-35-26(34)20-9-12-31(13-10-20)25(33)22-15-24(32(19(22)4)14-8-18(2)3)23-17-36-27(30-23)29-21-7-6-11-28-16-21/h6-7,11,15-18,20H,5,8-10,12-14H2,1-4H3,(H,29,30). The Kier molecular flexibility index (Phi) is 8.40. The van der Waals surface area contributed by atoms with Crippen LogP contribution in [0.1, 0.15) is 56.1 Å². The van der Waals surface area contributed by atoms with Crippen molar-refractivity contribution in [1.82, 2.24) is 19.4 Å². The minimum Gasteiger partial charge on any atom is -0.466 e. The molecule has 8 nitrogen and oxygen atoms in total. The number of thiazole rings is 1. The van der Waals surface area contributed by atoms with Crippen molar-refractivity contribution < 1.29 is 14.3 Å². The van der Waals surface area contributed by atoms with E-state index in [9.17, 15) is 9.59 Å². The van der Waals surface area contributed by atoms with E-state index in [1.54, 1.807) is 12.4 Å². The number of hydrogen-bond acceptors (Lipinski definition) is 7. The fourth-order valence-corrected chi connectivity index (χ4v) is 5.23. The molecule has 0 spiro atoms. The molecule has 4 rings (SSSR count). The van der Waals surface area contributed by atoms with Crippen LogP contribution in [0.3, 0.4) is 0 Å². The molecule has 0 atom stereocenters. The summed E-state index contributed by atoms with van der Waals surface area (Å²) in [5, 5.41) is 6.11. The molecule has 1 saturated heterocycles. The van der Waals surface area contributed by atoms with Gasteiger partial charge in [-0.25, -0.2) is 4.98 Å². The van der Waals surface area contributed by atoms with Crippen molar-refractivity contribution in [2.45, 2.75) is 53.5 Å². The van der Waals surface area contributed by atoms with E-state index in [2.05, 4.69) is 28.7 Å². The van der Waals surface area contributed by atoms with Gasteiger partial charge in [0.2, 0.25) is 0 Å². The van der Waals surface area contributed by atoms with Gasteiger partial charge >= 0.3 is 5.97 Å². The van der Waals surface area contributed by atoms with E-state index >= 15 is 0 Å². The Bertz CT molecular complexity index is 1180. The molecule has 9 heteroatoms. The van der Waals surface area contributed by atoms with Crippen LogP contribution in [-0.2, 0) is 16.1 Å². The number of nitrogens with one attached hydrogen (secondary N) is 1. The summed E-state index contributed by atoms with van der Waals surface area (Å²) in [6.45, 7) is 10.6. The van der Waals surface area contributed by atoms with Crippen molar-refractivity contribution in [3.05, 3.63) is 47.2 Å². The number of amides is 1. The molecule has 1 amide bonds. The molecule has 0 radical (unpaired) electrons. The summed E-state index contributed by atoms with van der Waals surface area (Å²) in [6, 6.07) is 5.81. The molecule has 0 bridgehead atoms. The number of pyridine rings is 1. The predicted octanol–water partition coefficient (Wildman–Crippen LogP) is 5.52. The monoisotopic (exact) mass is 509 g/mol. The average Bonchev–Trinajstić information content (AvgIpc) is 3.47. The Balaban J connectivity index is 1.56. The van der Waals surface area contributed by atoms with Crippen LogP contribution in [0.2, 0.25) is 0 Å². The van der Waals surface area contributed by atoms with E-state index in [4.69, 9.17) is 9.72 Å². The molecular formula is C27H35N5O3S. The number of anilines is 2. The number of carbonyl (C=O) groups excluding carboxylic acids is 2. The van der Waals surface area contributed by atoms with E-state index in [0.717, 1.165) is 40.9 Å². The van der Waals surface area contributed by atoms with Crippen molar-refractivity contribution in [3.63, 3.8) is 0 Å². The Labute approximate surface area is 216 Å². The summed E-state index contributed by atoms with van der Waals surface area (Å²) in [7, 11) is 0. The zero-order chi connectivity index (χ0) is 25.7. The quantitative estimate of drug-likeness (QED) is 0.382. The van der Waals surface area contributed by atoms with Crippen LogP contribution < -0.4 is 5.32 Å². The molecular weight excluding hydrogens is 474 g/mol. The van der Waals surface area contributed by atoms with E-state index in [0.29, 0.717) is 44.0 Å². The maximum Gasteiger partial charge on any atom is 0.309 e. The molecule has 3 aromatic heterocycles. The number of rotatable bonds is 9. The fraction of sp³-hybridized carbons (Fsp3) is 0.481. The number of ether oxygens (including phenoxy) is 1. The first kappa shape index (κ1) is 25.9. The molecule has 3 aromatic rings. The van der Waals surface area contributed by atoms with Crippen molar-refractivity contribution in [1.29, 1.82) is 0 Å². The third-order valence-corrected chi connectivity index (χ3v) is 7.37. The number of nitrogens with zero attached hydrogens (tertiary/aromatic N) is 4. The lowest BCUT2D eigenvalue weighted by atomic mass is 9.96. The Morgan fingerprint density at radius 1 is 1.28 bits per heavy atom. The third kappa shape index (κ3) is 5.95. The number of hydrogen-bond donors (Lipinski definition) is 1. The first-order valence-electron chi connectivity index (χ1n) is 12.7. The third-order valence-electron chi connectivity index (χ3n) is 6.61. The number of esters is 1. The topological polar surface area (TPSA) is 89.3 Å². The van der Waals surface area contributed by atoms with Gasteiger partial charge in [0.05, 0.1) is 41.4 Å². The van der Waals surface area contributed by atoms with E-state index in [1.165, 1.54) is 11.3 Å². The highest BCUT2D eigenvalue weighted by molar-refractivity contribution is 7.14. The summed E-state index contributed by atoms with van der Waals surface area (Å²) < 4.78 is 7.40. The van der Waals surface area contributed by atoms with Gasteiger partial charge in [0.1, 0.15) is 0 Å². The fourth-order valence-electron chi connectivity index (χ4n) is 4.51. The maximum absolute atomic E-state index is 13.6. The highest BCUT2D eigenvalue weighted by Gasteiger charge is 2.30. The van der Waals surface area contributed by atoms with Crippen molar-refractivity contribution >= 4 is 34.0 Å². The lowest BCUT2D eigenvalue weighted by molar-refractivity contribution is -0.149. The van der Waals surface area contributed by atoms with Crippen molar-refractivity contribution in [3.8, 4) is 11.4 Å². The van der Waals surface area contributed by atoms with Gasteiger partial charge in [-0.1, -0.05) is 13.8 Å². The Hall–Kier alpha value is -3.20. The second kappa shape index (κ2) is 11.7. The number of aromatic nitrogens is 3. The molecule has 1 N–H and O–H groups in total. The summed E-state index contributed by atoms with van der Waals surface area (Å²) >= 11 is 1.53. The molecule has 0 aliphatic carbocycles. The van der Waals surface area contributed by atoms with Gasteiger partial charge < -0.3 is 19.5 Å². The van der Waals surface area contributed by atoms with Crippen LogP contribution in [0.4, 0.5) is 10.8 Å². The zero-order valence-corrected chi connectivity index (χ0v) is 22.3. The molecule has 1 fully saturated rings. The maximum atomic E-state index is 13.6. The Morgan fingerprint density at radius 2 is 2.06 bits per heavy atom. The van der Waals surface area contributed by atoms with Gasteiger partial charge in [0, 0.05) is 36.9 Å². The highest BCUT2D eigenvalue weighted by atomic mass is 32.1. The second-order valence-corrected chi connectivity index (χ2v) is 10.4. The van der Waals surface area contributed by atoms with Gasteiger partial charge in [0.25, 0.3) is 5.91 Å². The van der Waals surface area contributed by atoms with E-state index < -0.39 is 0 Å². The van der Waals surface area contributed by atoms with Crippen LogP contribution >= 0.6 is 11.3 Å². The molecule has 1 aliphatic rings. The van der Waals surface area contributed by atoms with Crippen LogP contribution in [0.15, 0.2) is 36.0 Å². The lowest BCUT2D eigenvalue weighted by Gasteiger charge is -2.31. The van der Waals surface area contributed by atoms with Crippen LogP contribution in [-0.4, -0.2) is 51.0 Å². The van der Waals surface area contributed by atoms with Gasteiger partial charge in [-0.3, -0.25) is 14.6 Å². The number of carbonyl (C=O) groups is 2. The normalized spacial score (nSPS) is 14.3. The molecule has 1 aliphatic heterocycles. The smallest absolute Gasteiger partial charge is 0.309 e. The lowest BCUT2D eigenvalue weighted by Crippen LogP contribution is -2.40. The minimum absolute atomic E-state index is 0.0169. The van der Waals surface area contributed by atoms with Gasteiger partial charge in [-0.05, 0) is 57.2 Å². The first-order valence-corrected chi connectivity index (χ1v) is 13.5. The largest absolute Gasteiger partial charge is 0.466 e. The summed E-state index contributed by atoms with van der Waals surface area (Å²) in [5.74, 6) is 0.284. The molecule has 4 heterocycles. The van der Waals surface area contributed by atoms with Crippen molar-refractivity contribution in [2.75, 3.05) is 25.0 Å². The Morgan fingerprint density at radius 3 is 2.72 bits per heavy atom. The summed E-state index contributed by atoms with van der Waals surface area (Å²) in [6.07, 6.45) is 5.78. The van der Waals surface area contributed by atoms with Crippen LogP contribution in [0.25, 0.3) is 11.4 Å². The van der Waals surface area contributed by atoms with Crippen LogP contribution in [0.5, 0.6) is 0 Å². The second-order valence-electron chi connectivity index (χ2n) is 9.59. The molecule has 0 saturated carbocycles. The molecule has 0 unspecified atom stereocenters. The summed E-state index contributed by atoms with van der Waals surface area (Å²) in [5.41, 5.74) is 4.34. The van der Waals surface area contributed by atoms with Gasteiger partial charge in [-0.15, -0.1) is 11.3 Å². The zero-order valence-electron chi connectivity index (χ0n) is 21.5. The summed E-state index contributed by atoms with van der Waals surface area (Å²) in [4.78, 5) is 36.5. The number of piperidine rings is 1. The SMILES string of the molecule is CCOC(=O)C1CCN(C(=O)c2cc(-c3csc(Nc4cccnc4)n3)n(CCC(C)C)c2C)CC1. The van der Waals surface area contributed by atoms with Gasteiger partial charge in [0.15, 0.2) is 5.13 Å². The van der Waals surface area contributed by atoms with E-state index in [-0.39, 0.29) is 17.8 Å². The predicted molar refractivity (Wildman–Crippen MR) is 143 cm³/mol. The van der Waals surface area contributed by atoms with Crippen molar-refractivity contribution in [2.24, 2.45) is 11.8 Å². The van der Waals surface area contributed by atoms with Crippen LogP contribution in [0, 0.1) is 18.8 Å². The molecule has 192 valence electrons. The average molecular weight is 510 g/mol. The molecule has 36 heavy (non-hydrogen) atoms. The van der Waals surface area contributed by atoms with Gasteiger partial charge in [-0.2, -0.15) is 0 Å².